The zero-order valence-corrected chi connectivity index (χ0v) is 10.6. The highest BCUT2D eigenvalue weighted by Gasteiger charge is 2.05. The Kier molecular flexibility index (Phi) is 4.15. The predicted octanol–water partition coefficient (Wildman–Crippen LogP) is 3.45. The van der Waals surface area contributed by atoms with Crippen molar-refractivity contribution in [2.45, 2.75) is 25.1 Å². The molecule has 1 heterocycles. The minimum absolute atomic E-state index is 0.159. The van der Waals surface area contributed by atoms with Gasteiger partial charge in [-0.05, 0) is 12.5 Å². The smallest absolute Gasteiger partial charge is 0.0950 e. The Morgan fingerprint density at radius 3 is 3.00 bits per heavy atom. The quantitative estimate of drug-likeness (QED) is 0.825. The number of halogens is 1. The largest absolute Gasteiger partial charge is 0.382 e. The molecule has 0 saturated carbocycles. The maximum absolute atomic E-state index is 6.18. The van der Waals surface area contributed by atoms with E-state index >= 15 is 0 Å². The Bertz CT molecular complexity index is 482. The lowest BCUT2D eigenvalue weighted by atomic mass is 10.2. The van der Waals surface area contributed by atoms with Gasteiger partial charge in [0, 0.05) is 11.9 Å². The molecule has 1 atom stereocenters. The average molecular weight is 250 g/mol. The molecule has 3 nitrogen and oxygen atoms in total. The van der Waals surface area contributed by atoms with Gasteiger partial charge in [0.05, 0.1) is 22.8 Å². The normalized spacial score (nSPS) is 12.6. The summed E-state index contributed by atoms with van der Waals surface area (Å²) < 4.78 is 0. The van der Waals surface area contributed by atoms with Crippen molar-refractivity contribution < 1.29 is 0 Å². The highest BCUT2D eigenvalue weighted by molar-refractivity contribution is 6.20. The van der Waals surface area contributed by atoms with Crippen molar-refractivity contribution >= 4 is 28.2 Å². The molecule has 4 heteroatoms. The van der Waals surface area contributed by atoms with Crippen molar-refractivity contribution in [1.29, 1.82) is 0 Å². The fourth-order valence-electron chi connectivity index (χ4n) is 1.78. The third-order valence-electron chi connectivity index (χ3n) is 2.66. The van der Waals surface area contributed by atoms with E-state index in [9.17, 15) is 0 Å². The summed E-state index contributed by atoms with van der Waals surface area (Å²) in [6, 6.07) is 7.95. The zero-order valence-electron chi connectivity index (χ0n) is 9.86. The molecule has 17 heavy (non-hydrogen) atoms. The van der Waals surface area contributed by atoms with Crippen LogP contribution in [0.1, 0.15) is 19.8 Å². The Morgan fingerprint density at radius 1 is 1.35 bits per heavy atom. The summed E-state index contributed by atoms with van der Waals surface area (Å²) in [4.78, 5) is 0. The molecule has 0 aliphatic rings. The molecule has 2 rings (SSSR count). The van der Waals surface area contributed by atoms with Crippen LogP contribution in [0.5, 0.6) is 0 Å². The first kappa shape index (κ1) is 12.1. The summed E-state index contributed by atoms with van der Waals surface area (Å²) in [5.74, 6) is 0. The van der Waals surface area contributed by atoms with E-state index in [0.717, 1.165) is 36.0 Å². The van der Waals surface area contributed by atoms with Gasteiger partial charge in [0.2, 0.25) is 0 Å². The van der Waals surface area contributed by atoms with E-state index in [1.807, 2.05) is 24.3 Å². The van der Waals surface area contributed by atoms with Crippen LogP contribution in [0.2, 0.25) is 0 Å². The van der Waals surface area contributed by atoms with Gasteiger partial charge in [0.25, 0.3) is 0 Å². The number of anilines is 1. The fourth-order valence-corrected chi connectivity index (χ4v) is 2.08. The molecular weight excluding hydrogens is 234 g/mol. The monoisotopic (exact) mass is 249 g/mol. The average Bonchev–Trinajstić information content (AvgIpc) is 2.36. The Morgan fingerprint density at radius 2 is 2.18 bits per heavy atom. The van der Waals surface area contributed by atoms with Gasteiger partial charge >= 0.3 is 0 Å². The van der Waals surface area contributed by atoms with Gasteiger partial charge in [0.15, 0.2) is 0 Å². The van der Waals surface area contributed by atoms with Crippen molar-refractivity contribution in [1.82, 2.24) is 10.2 Å². The standard InChI is InChI=1S/C13H16ClN3/c1-2-5-10(14)8-15-13-9-16-17-12-7-4-3-6-11(12)13/h3-4,6-7,9-10H,2,5,8H2,1H3,(H,15,17). The summed E-state index contributed by atoms with van der Waals surface area (Å²) in [6.45, 7) is 2.89. The fraction of sp³-hybridized carbons (Fsp3) is 0.385. The summed E-state index contributed by atoms with van der Waals surface area (Å²) in [7, 11) is 0. The van der Waals surface area contributed by atoms with E-state index in [4.69, 9.17) is 11.6 Å². The molecule has 0 radical (unpaired) electrons. The van der Waals surface area contributed by atoms with Crippen LogP contribution < -0.4 is 5.32 Å². The second-order valence-corrected chi connectivity index (χ2v) is 4.66. The van der Waals surface area contributed by atoms with Crippen molar-refractivity contribution in [3.63, 3.8) is 0 Å². The number of hydrogen-bond acceptors (Lipinski definition) is 3. The first-order valence-corrected chi connectivity index (χ1v) is 6.33. The van der Waals surface area contributed by atoms with Crippen LogP contribution >= 0.6 is 11.6 Å². The van der Waals surface area contributed by atoms with Crippen LogP contribution in [0.15, 0.2) is 30.5 Å². The molecule has 0 spiro atoms. The molecule has 0 bridgehead atoms. The van der Waals surface area contributed by atoms with Crippen LogP contribution in [0.3, 0.4) is 0 Å². The maximum Gasteiger partial charge on any atom is 0.0950 e. The Balaban J connectivity index is 2.13. The first-order chi connectivity index (χ1) is 8.31. The van der Waals surface area contributed by atoms with E-state index in [1.54, 1.807) is 6.20 Å². The number of fused-ring (bicyclic) bond motifs is 1. The summed E-state index contributed by atoms with van der Waals surface area (Å²) in [5.41, 5.74) is 1.90. The third-order valence-corrected chi connectivity index (χ3v) is 3.03. The molecule has 0 amide bonds. The SMILES string of the molecule is CCCC(Cl)CNc1cnnc2ccccc12. The second-order valence-electron chi connectivity index (χ2n) is 4.04. The molecule has 1 aromatic heterocycles. The molecule has 0 fully saturated rings. The maximum atomic E-state index is 6.18. The first-order valence-electron chi connectivity index (χ1n) is 5.89. The van der Waals surface area contributed by atoms with E-state index < -0.39 is 0 Å². The molecule has 90 valence electrons. The highest BCUT2D eigenvalue weighted by atomic mass is 35.5. The van der Waals surface area contributed by atoms with Crippen LogP contribution in [0.25, 0.3) is 10.9 Å². The van der Waals surface area contributed by atoms with Gasteiger partial charge in [-0.25, -0.2) is 0 Å². The molecule has 0 saturated heterocycles. The predicted molar refractivity (Wildman–Crippen MR) is 72.6 cm³/mol. The minimum Gasteiger partial charge on any atom is -0.382 e. The number of hydrogen-bond donors (Lipinski definition) is 1. The number of alkyl halides is 1. The van der Waals surface area contributed by atoms with Crippen LogP contribution in [-0.4, -0.2) is 22.1 Å². The third kappa shape index (κ3) is 3.07. The molecule has 0 aliphatic heterocycles. The molecule has 1 N–H and O–H groups in total. The van der Waals surface area contributed by atoms with E-state index in [-0.39, 0.29) is 5.38 Å². The van der Waals surface area contributed by atoms with Crippen LogP contribution in [0, 0.1) is 0 Å². The Hall–Kier alpha value is -1.35. The lowest BCUT2D eigenvalue weighted by molar-refractivity contribution is 0.752. The lowest BCUT2D eigenvalue weighted by Gasteiger charge is -2.11. The molecule has 1 unspecified atom stereocenters. The van der Waals surface area contributed by atoms with Crippen molar-refractivity contribution in [3.05, 3.63) is 30.5 Å². The number of aromatic nitrogens is 2. The zero-order chi connectivity index (χ0) is 12.1. The highest BCUT2D eigenvalue weighted by Crippen LogP contribution is 2.20. The summed E-state index contributed by atoms with van der Waals surface area (Å²) >= 11 is 6.18. The minimum atomic E-state index is 0.159. The van der Waals surface area contributed by atoms with Crippen molar-refractivity contribution in [2.24, 2.45) is 0 Å². The number of nitrogens with zero attached hydrogens (tertiary/aromatic N) is 2. The van der Waals surface area contributed by atoms with Crippen LogP contribution in [-0.2, 0) is 0 Å². The summed E-state index contributed by atoms with van der Waals surface area (Å²) in [6.07, 6.45) is 3.87. The lowest BCUT2D eigenvalue weighted by Crippen LogP contribution is -2.14. The Labute approximate surface area is 106 Å². The molecule has 0 aliphatic carbocycles. The van der Waals surface area contributed by atoms with Crippen LogP contribution in [0.4, 0.5) is 5.69 Å². The van der Waals surface area contributed by atoms with E-state index in [0.29, 0.717) is 0 Å². The topological polar surface area (TPSA) is 37.8 Å². The van der Waals surface area contributed by atoms with Gasteiger partial charge < -0.3 is 5.32 Å². The number of benzene rings is 1. The molecular formula is C13H16ClN3. The number of nitrogens with one attached hydrogen (secondary N) is 1. The van der Waals surface area contributed by atoms with Gasteiger partial charge in [-0.15, -0.1) is 11.6 Å². The second kappa shape index (κ2) is 5.82. The van der Waals surface area contributed by atoms with E-state index in [1.165, 1.54) is 0 Å². The van der Waals surface area contributed by atoms with Gasteiger partial charge in [-0.2, -0.15) is 10.2 Å². The van der Waals surface area contributed by atoms with Gasteiger partial charge in [-0.1, -0.05) is 31.5 Å². The molecule has 2 aromatic rings. The van der Waals surface area contributed by atoms with Crippen molar-refractivity contribution in [3.8, 4) is 0 Å². The van der Waals surface area contributed by atoms with E-state index in [2.05, 4.69) is 22.4 Å². The molecule has 1 aromatic carbocycles. The summed E-state index contributed by atoms with van der Waals surface area (Å²) in [5, 5.41) is 12.6. The number of rotatable bonds is 5. The van der Waals surface area contributed by atoms with Crippen molar-refractivity contribution in [2.75, 3.05) is 11.9 Å². The van der Waals surface area contributed by atoms with Gasteiger partial charge in [-0.3, -0.25) is 0 Å². The van der Waals surface area contributed by atoms with Gasteiger partial charge in [0.1, 0.15) is 0 Å².